The molecule has 1 saturated heterocycles. The summed E-state index contributed by atoms with van der Waals surface area (Å²) in [6.45, 7) is 2.49. The first-order valence-electron chi connectivity index (χ1n) is 13.9. The highest BCUT2D eigenvalue weighted by Gasteiger charge is 2.47. The molecule has 2 bridgehead atoms. The van der Waals surface area contributed by atoms with Crippen molar-refractivity contribution in [3.05, 3.63) is 69.4 Å². The van der Waals surface area contributed by atoms with Crippen LogP contribution in [0.4, 0.5) is 5.69 Å². The first kappa shape index (κ1) is 28.2. The summed E-state index contributed by atoms with van der Waals surface area (Å²) in [4.78, 5) is 28.4. The molecular weight excluding hydrogens is 587 g/mol. The summed E-state index contributed by atoms with van der Waals surface area (Å²) >= 11 is 12.9. The van der Waals surface area contributed by atoms with Gasteiger partial charge in [-0.3, -0.25) is 4.79 Å². The molecule has 2 heterocycles. The molecule has 3 aliphatic rings. The minimum atomic E-state index is -3.40. The number of benzene rings is 2. The quantitative estimate of drug-likeness (QED) is 0.191. The molecule has 2 saturated carbocycles. The number of fused-ring (bicyclic) bond motifs is 2. The van der Waals surface area contributed by atoms with Gasteiger partial charge in [-0.05, 0) is 62.1 Å². The summed E-state index contributed by atoms with van der Waals surface area (Å²) in [7, 11) is -3.40. The van der Waals surface area contributed by atoms with E-state index in [1.54, 1.807) is 37.3 Å². The maximum absolute atomic E-state index is 13.6. The number of carbonyl (C=O) groups is 2. The molecule has 2 aromatic carbocycles. The molecular formula is C30H30Cl2N2O6S. The molecule has 1 aliphatic heterocycles. The molecule has 1 aromatic heterocycles. The fourth-order valence-electron chi connectivity index (χ4n) is 6.09. The van der Waals surface area contributed by atoms with E-state index in [4.69, 9.17) is 32.5 Å². The van der Waals surface area contributed by atoms with E-state index >= 15 is 0 Å². The van der Waals surface area contributed by atoms with Gasteiger partial charge in [0.1, 0.15) is 23.1 Å². The van der Waals surface area contributed by atoms with E-state index in [1.807, 2.05) is 12.1 Å². The van der Waals surface area contributed by atoms with E-state index in [0.29, 0.717) is 57.6 Å². The molecule has 3 atom stereocenters. The Morgan fingerprint density at radius 1 is 1.07 bits per heavy atom. The van der Waals surface area contributed by atoms with E-state index in [-0.39, 0.29) is 29.7 Å². The molecule has 8 nitrogen and oxygen atoms in total. The van der Waals surface area contributed by atoms with Crippen molar-refractivity contribution in [2.75, 3.05) is 23.0 Å². The summed E-state index contributed by atoms with van der Waals surface area (Å²) in [5, 5.41) is 4.97. The molecule has 6 rings (SSSR count). The van der Waals surface area contributed by atoms with Crippen LogP contribution in [0.15, 0.2) is 47.0 Å². The molecule has 0 amide bonds. The molecule has 3 fully saturated rings. The largest absolute Gasteiger partial charge is 0.458 e. The smallest absolute Gasteiger partial charge is 0.344 e. The Hall–Kier alpha value is -2.88. The van der Waals surface area contributed by atoms with Crippen LogP contribution in [-0.4, -0.2) is 55.5 Å². The van der Waals surface area contributed by atoms with Gasteiger partial charge in [0.25, 0.3) is 0 Å². The minimum absolute atomic E-state index is 0.00741. The van der Waals surface area contributed by atoms with Crippen molar-refractivity contribution >= 4 is 50.5 Å². The number of aromatic nitrogens is 1. The summed E-state index contributed by atoms with van der Waals surface area (Å²) in [5.74, 6) is -0.504. The highest BCUT2D eigenvalue weighted by Crippen LogP contribution is 2.47. The Kier molecular flexibility index (Phi) is 7.63. The number of hydrogen-bond acceptors (Lipinski definition) is 8. The number of ether oxygens (including phenoxy) is 1. The molecule has 2 aliphatic carbocycles. The van der Waals surface area contributed by atoms with E-state index in [9.17, 15) is 18.0 Å². The monoisotopic (exact) mass is 616 g/mol. The predicted octanol–water partition coefficient (Wildman–Crippen LogP) is 6.36. The third kappa shape index (κ3) is 5.64. The van der Waals surface area contributed by atoms with Crippen LogP contribution in [0.3, 0.4) is 0 Å². The lowest BCUT2D eigenvalue weighted by Gasteiger charge is -2.33. The van der Waals surface area contributed by atoms with Gasteiger partial charge < -0.3 is 14.2 Å². The number of halogens is 2. The normalized spacial score (nSPS) is 21.8. The molecule has 3 aromatic rings. The lowest BCUT2D eigenvalue weighted by Crippen LogP contribution is -2.39. The fourth-order valence-corrected chi connectivity index (χ4v) is 8.00. The van der Waals surface area contributed by atoms with Crippen LogP contribution in [0.2, 0.25) is 10.0 Å². The van der Waals surface area contributed by atoms with Crippen LogP contribution in [0.1, 0.15) is 71.4 Å². The van der Waals surface area contributed by atoms with Crippen molar-refractivity contribution in [3.63, 3.8) is 0 Å². The number of sulfone groups is 1. The molecule has 0 unspecified atom stereocenters. The maximum atomic E-state index is 13.6. The number of piperidine rings is 1. The van der Waals surface area contributed by atoms with Gasteiger partial charge in [-0.15, -0.1) is 0 Å². The number of rotatable bonds is 10. The second-order valence-corrected chi connectivity index (χ2v) is 14.2. The zero-order valence-electron chi connectivity index (χ0n) is 22.5. The third-order valence-corrected chi connectivity index (χ3v) is 10.6. The van der Waals surface area contributed by atoms with Crippen LogP contribution < -0.4 is 4.90 Å². The van der Waals surface area contributed by atoms with Crippen LogP contribution in [0, 0.1) is 5.92 Å². The van der Waals surface area contributed by atoms with Crippen molar-refractivity contribution in [1.29, 1.82) is 0 Å². The summed E-state index contributed by atoms with van der Waals surface area (Å²) < 4.78 is 35.8. The Labute approximate surface area is 248 Å². The van der Waals surface area contributed by atoms with Crippen molar-refractivity contribution in [2.24, 2.45) is 5.92 Å². The number of carbonyl (C=O) groups excluding carboxylic acids is 2. The number of nitrogens with zero attached hydrogens (tertiary/aromatic N) is 2. The zero-order valence-corrected chi connectivity index (χ0v) is 24.8. The maximum Gasteiger partial charge on any atom is 0.344 e. The Bertz CT molecular complexity index is 1580. The number of Topliss-reactive ketones (excluding diaryl/α,β-unsaturated/α-hetero) is 1. The van der Waals surface area contributed by atoms with Gasteiger partial charge in [0.2, 0.25) is 0 Å². The molecule has 11 heteroatoms. The average Bonchev–Trinajstić information content (AvgIpc) is 3.37. The molecule has 0 spiro atoms. The molecule has 216 valence electrons. The number of hydrogen-bond donors (Lipinski definition) is 0. The van der Waals surface area contributed by atoms with Crippen LogP contribution in [0.25, 0.3) is 11.3 Å². The van der Waals surface area contributed by atoms with E-state index in [0.717, 1.165) is 24.9 Å². The third-order valence-electron chi connectivity index (χ3n) is 8.19. The SMILES string of the molecule is CCCS(=O)(=O)CC(=O)c1ccc(N2C[C@@H]3C[C@H]2C[C@H]3OC(=O)c2c(-c3c(Cl)cccc3Cl)noc2C2CC2)cc1. The standard InChI is InChI=1S/C30H30Cl2N2O6S/c1-2-12-41(37,38)16-24(35)17-8-10-20(11-9-17)34-15-19-13-21(34)14-25(19)39-30(36)27-28(33-40-29(27)18-6-7-18)26-22(31)4-3-5-23(26)32/h3-5,8-11,18-19,21,25H,2,6-7,12-16H2,1H3/t19-,21-,25+/m0/s1. The Morgan fingerprint density at radius 3 is 2.39 bits per heavy atom. The van der Waals surface area contributed by atoms with Gasteiger partial charge in [-0.2, -0.15) is 0 Å². The van der Waals surface area contributed by atoms with Gasteiger partial charge in [-0.25, -0.2) is 13.2 Å². The molecule has 41 heavy (non-hydrogen) atoms. The van der Waals surface area contributed by atoms with E-state index < -0.39 is 27.3 Å². The lowest BCUT2D eigenvalue weighted by molar-refractivity contribution is 0.0191. The molecule has 0 N–H and O–H groups in total. The highest BCUT2D eigenvalue weighted by molar-refractivity contribution is 7.92. The first-order chi connectivity index (χ1) is 19.6. The van der Waals surface area contributed by atoms with Crippen LogP contribution in [-0.2, 0) is 14.6 Å². The van der Waals surface area contributed by atoms with E-state index in [1.165, 1.54) is 0 Å². The van der Waals surface area contributed by atoms with Crippen molar-refractivity contribution in [3.8, 4) is 11.3 Å². The van der Waals surface area contributed by atoms with Crippen LogP contribution >= 0.6 is 23.2 Å². The summed E-state index contributed by atoms with van der Waals surface area (Å²) in [5.41, 5.74) is 2.43. The summed E-state index contributed by atoms with van der Waals surface area (Å²) in [6, 6.07) is 12.4. The Morgan fingerprint density at radius 2 is 1.78 bits per heavy atom. The van der Waals surface area contributed by atoms with Crippen molar-refractivity contribution in [2.45, 2.75) is 57.1 Å². The Balaban J connectivity index is 1.14. The lowest BCUT2D eigenvalue weighted by atomic mass is 10.0. The summed E-state index contributed by atoms with van der Waals surface area (Å²) in [6.07, 6.45) is 3.65. The zero-order chi connectivity index (χ0) is 28.9. The second kappa shape index (κ2) is 11.1. The molecule has 0 radical (unpaired) electrons. The number of anilines is 1. The van der Waals surface area contributed by atoms with Gasteiger partial charge in [-0.1, -0.05) is 41.3 Å². The number of ketones is 1. The second-order valence-electron chi connectivity index (χ2n) is 11.2. The fraction of sp³-hybridized carbons (Fsp3) is 0.433. The predicted molar refractivity (Wildman–Crippen MR) is 157 cm³/mol. The van der Waals surface area contributed by atoms with Gasteiger partial charge in [0.05, 0.1) is 15.8 Å². The van der Waals surface area contributed by atoms with Crippen molar-refractivity contribution < 1.29 is 27.3 Å². The van der Waals surface area contributed by atoms with Crippen molar-refractivity contribution in [1.82, 2.24) is 5.16 Å². The van der Waals surface area contributed by atoms with Crippen LogP contribution in [0.5, 0.6) is 0 Å². The topological polar surface area (TPSA) is 107 Å². The highest BCUT2D eigenvalue weighted by atomic mass is 35.5. The first-order valence-corrected chi connectivity index (χ1v) is 16.5. The van der Waals surface area contributed by atoms with Gasteiger partial charge in [0.15, 0.2) is 21.4 Å². The van der Waals surface area contributed by atoms with Gasteiger partial charge in [0, 0.05) is 47.7 Å². The number of esters is 1. The van der Waals surface area contributed by atoms with Gasteiger partial charge >= 0.3 is 5.97 Å². The minimum Gasteiger partial charge on any atom is -0.458 e. The van der Waals surface area contributed by atoms with E-state index in [2.05, 4.69) is 10.1 Å². The average molecular weight is 618 g/mol.